The highest BCUT2D eigenvalue weighted by molar-refractivity contribution is 5.94. The summed E-state index contributed by atoms with van der Waals surface area (Å²) in [5.41, 5.74) is 13.3. The molecule has 0 aliphatic carbocycles. The fraction of sp³-hybridized carbons (Fsp3) is 0.222. The molecule has 2 rings (SSSR count). The molecule has 1 unspecified atom stereocenters. The molecular weight excluding hydrogens is 324 g/mol. The first kappa shape index (κ1) is 18.3. The lowest BCUT2D eigenvalue weighted by molar-refractivity contribution is -0.161. The molecule has 0 aliphatic heterocycles. The highest BCUT2D eigenvalue weighted by Crippen LogP contribution is 2.28. The fourth-order valence-corrected chi connectivity index (χ4v) is 2.15. The first-order chi connectivity index (χ1) is 11.9. The Morgan fingerprint density at radius 2 is 1.76 bits per heavy atom. The molecular formula is C18H20N2O5. The van der Waals surface area contributed by atoms with Crippen molar-refractivity contribution in [2.45, 2.75) is 13.5 Å². The molecule has 1 atom stereocenters. The molecule has 0 aromatic heterocycles. The van der Waals surface area contributed by atoms with Crippen LogP contribution in [0.3, 0.4) is 0 Å². The summed E-state index contributed by atoms with van der Waals surface area (Å²) in [6.07, 6.45) is 0. The van der Waals surface area contributed by atoms with Gasteiger partial charge in [-0.1, -0.05) is 24.3 Å². The molecule has 25 heavy (non-hydrogen) atoms. The summed E-state index contributed by atoms with van der Waals surface area (Å²) in [6.45, 7) is 1.12. The van der Waals surface area contributed by atoms with Gasteiger partial charge < -0.3 is 20.3 Å². The molecule has 0 bridgehead atoms. The number of esters is 2. The highest BCUT2D eigenvalue weighted by Gasteiger charge is 2.24. The van der Waals surface area contributed by atoms with E-state index in [1.165, 1.54) is 6.92 Å². The third-order valence-corrected chi connectivity index (χ3v) is 3.60. The Kier molecular flexibility index (Phi) is 5.97. The molecule has 2 aromatic carbocycles. The van der Waals surface area contributed by atoms with Crippen LogP contribution < -0.4 is 11.5 Å². The van der Waals surface area contributed by atoms with Crippen molar-refractivity contribution in [1.29, 1.82) is 0 Å². The Morgan fingerprint density at radius 3 is 2.44 bits per heavy atom. The smallest absolute Gasteiger partial charge is 0.321 e. The van der Waals surface area contributed by atoms with Crippen LogP contribution in [0.5, 0.6) is 5.75 Å². The summed E-state index contributed by atoms with van der Waals surface area (Å²) in [4.78, 5) is 23.3. The van der Waals surface area contributed by atoms with E-state index in [2.05, 4.69) is 4.74 Å². The van der Waals surface area contributed by atoms with Gasteiger partial charge in [0.15, 0.2) is 5.92 Å². The van der Waals surface area contributed by atoms with Crippen molar-refractivity contribution in [2.75, 3.05) is 12.5 Å². The lowest BCUT2D eigenvalue weighted by Crippen LogP contribution is -2.27. The Morgan fingerprint density at radius 1 is 1.08 bits per heavy atom. The quantitative estimate of drug-likeness (QED) is 0.240. The van der Waals surface area contributed by atoms with E-state index >= 15 is 0 Å². The SMILES string of the molecule is CC(C(=O)OCN)C(=O)OCc1cccc(-c2ccc(N)c(O)c2)c1. The normalized spacial score (nSPS) is 11.6. The Balaban J connectivity index is 2.05. The van der Waals surface area contributed by atoms with Gasteiger partial charge >= 0.3 is 11.9 Å². The predicted octanol–water partition coefficient (Wildman–Crippen LogP) is 1.78. The zero-order valence-corrected chi connectivity index (χ0v) is 13.8. The van der Waals surface area contributed by atoms with Crippen molar-refractivity contribution < 1.29 is 24.2 Å². The molecule has 0 spiro atoms. The summed E-state index contributed by atoms with van der Waals surface area (Å²) in [7, 11) is 0. The Bertz CT molecular complexity index is 776. The Hall–Kier alpha value is -3.06. The lowest BCUT2D eigenvalue weighted by Gasteiger charge is -2.11. The molecule has 5 N–H and O–H groups in total. The van der Waals surface area contributed by atoms with Gasteiger partial charge in [-0.2, -0.15) is 0 Å². The van der Waals surface area contributed by atoms with E-state index in [4.69, 9.17) is 16.2 Å². The number of hydrogen-bond donors (Lipinski definition) is 3. The van der Waals surface area contributed by atoms with E-state index < -0.39 is 17.9 Å². The number of carbonyl (C=O) groups is 2. The average Bonchev–Trinajstić information content (AvgIpc) is 2.61. The van der Waals surface area contributed by atoms with Gasteiger partial charge in [0.2, 0.25) is 0 Å². The van der Waals surface area contributed by atoms with E-state index in [1.54, 1.807) is 30.3 Å². The topological polar surface area (TPSA) is 125 Å². The number of nitrogen functional groups attached to an aromatic ring is 1. The number of phenolic OH excluding ortho intramolecular Hbond substituents is 1. The zero-order chi connectivity index (χ0) is 18.4. The number of carbonyl (C=O) groups excluding carboxylic acids is 2. The standard InChI is InChI=1S/C18H20N2O5/c1-11(18(23)25-10-19)17(22)24-9-12-3-2-4-13(7-12)14-5-6-15(20)16(21)8-14/h2-8,11,21H,9-10,19-20H2,1H3. The molecule has 132 valence electrons. The number of hydrogen-bond acceptors (Lipinski definition) is 7. The van der Waals surface area contributed by atoms with Crippen molar-refractivity contribution >= 4 is 17.6 Å². The van der Waals surface area contributed by atoms with Gasteiger partial charge in [-0.3, -0.25) is 15.3 Å². The first-order valence-electron chi connectivity index (χ1n) is 7.63. The van der Waals surface area contributed by atoms with Crippen molar-refractivity contribution in [3.8, 4) is 16.9 Å². The predicted molar refractivity (Wildman–Crippen MR) is 92.1 cm³/mol. The minimum atomic E-state index is -1.04. The zero-order valence-electron chi connectivity index (χ0n) is 13.8. The molecule has 0 amide bonds. The molecule has 7 nitrogen and oxygen atoms in total. The molecule has 0 radical (unpaired) electrons. The van der Waals surface area contributed by atoms with Crippen molar-refractivity contribution in [1.82, 2.24) is 0 Å². The van der Waals surface area contributed by atoms with Crippen LogP contribution in [0.25, 0.3) is 11.1 Å². The van der Waals surface area contributed by atoms with Crippen molar-refractivity contribution in [3.05, 3.63) is 48.0 Å². The van der Waals surface area contributed by atoms with Crippen molar-refractivity contribution in [3.63, 3.8) is 0 Å². The number of rotatable bonds is 6. The molecule has 2 aromatic rings. The molecule has 0 aliphatic rings. The monoisotopic (exact) mass is 344 g/mol. The van der Waals surface area contributed by atoms with Crippen LogP contribution >= 0.6 is 0 Å². The first-order valence-corrected chi connectivity index (χ1v) is 7.63. The van der Waals surface area contributed by atoms with Gasteiger partial charge in [0.25, 0.3) is 0 Å². The van der Waals surface area contributed by atoms with Crippen LogP contribution in [0.2, 0.25) is 0 Å². The van der Waals surface area contributed by atoms with Gasteiger partial charge in [-0.05, 0) is 41.8 Å². The summed E-state index contributed by atoms with van der Waals surface area (Å²) in [6, 6.07) is 12.2. The minimum Gasteiger partial charge on any atom is -0.506 e. The van der Waals surface area contributed by atoms with Gasteiger partial charge in [0, 0.05) is 0 Å². The van der Waals surface area contributed by atoms with Crippen LogP contribution in [0.4, 0.5) is 5.69 Å². The van der Waals surface area contributed by atoms with E-state index in [-0.39, 0.29) is 19.1 Å². The second-order valence-electron chi connectivity index (χ2n) is 5.43. The second kappa shape index (κ2) is 8.16. The van der Waals surface area contributed by atoms with E-state index in [0.29, 0.717) is 5.69 Å². The number of ether oxygens (including phenoxy) is 2. The maximum absolute atomic E-state index is 11.9. The minimum absolute atomic E-state index is 0.00146. The number of aromatic hydroxyl groups is 1. The third-order valence-electron chi connectivity index (χ3n) is 3.60. The summed E-state index contributed by atoms with van der Waals surface area (Å²) >= 11 is 0. The number of anilines is 1. The van der Waals surface area contributed by atoms with Gasteiger partial charge in [-0.15, -0.1) is 0 Å². The maximum atomic E-state index is 11.9. The maximum Gasteiger partial charge on any atom is 0.321 e. The number of benzene rings is 2. The third kappa shape index (κ3) is 4.71. The second-order valence-corrected chi connectivity index (χ2v) is 5.43. The molecule has 0 heterocycles. The fourth-order valence-electron chi connectivity index (χ4n) is 2.15. The lowest BCUT2D eigenvalue weighted by atomic mass is 10.0. The van der Waals surface area contributed by atoms with Gasteiger partial charge in [-0.25, -0.2) is 0 Å². The molecule has 0 saturated heterocycles. The van der Waals surface area contributed by atoms with E-state index in [9.17, 15) is 14.7 Å². The number of nitrogens with two attached hydrogens (primary N) is 2. The largest absolute Gasteiger partial charge is 0.506 e. The van der Waals surface area contributed by atoms with Crippen molar-refractivity contribution in [2.24, 2.45) is 11.7 Å². The van der Waals surface area contributed by atoms with Crippen LogP contribution in [-0.4, -0.2) is 23.8 Å². The van der Waals surface area contributed by atoms with Gasteiger partial charge in [0.1, 0.15) is 19.1 Å². The molecule has 0 saturated carbocycles. The van der Waals surface area contributed by atoms with Gasteiger partial charge in [0.05, 0.1) is 5.69 Å². The summed E-state index contributed by atoms with van der Waals surface area (Å²) in [5.74, 6) is -2.45. The summed E-state index contributed by atoms with van der Waals surface area (Å²) < 4.78 is 9.72. The average molecular weight is 344 g/mol. The van der Waals surface area contributed by atoms with Crippen LogP contribution in [-0.2, 0) is 25.7 Å². The molecule has 0 fully saturated rings. The van der Waals surface area contributed by atoms with E-state index in [0.717, 1.165) is 16.7 Å². The molecule has 7 heteroatoms. The van der Waals surface area contributed by atoms with Crippen LogP contribution in [0, 0.1) is 5.92 Å². The number of phenols is 1. The summed E-state index contributed by atoms with van der Waals surface area (Å²) in [5, 5.41) is 9.72. The Labute approximate surface area is 145 Å². The highest BCUT2D eigenvalue weighted by atomic mass is 16.6. The van der Waals surface area contributed by atoms with Crippen LogP contribution in [0.1, 0.15) is 12.5 Å². The van der Waals surface area contributed by atoms with E-state index in [1.807, 2.05) is 12.1 Å². The van der Waals surface area contributed by atoms with Crippen LogP contribution in [0.15, 0.2) is 42.5 Å².